The number of nitrogens with two attached hydrogens (primary N) is 1. The number of carbonyl (C=O) groups is 2. The van der Waals surface area contributed by atoms with Crippen LogP contribution in [0, 0.1) is 6.92 Å². The quantitative estimate of drug-likeness (QED) is 0.380. The molecule has 2 aliphatic heterocycles. The summed E-state index contributed by atoms with van der Waals surface area (Å²) >= 11 is 12.8. The molecule has 0 aromatic heterocycles. The zero-order valence-electron chi connectivity index (χ0n) is 26.4. The molecule has 0 bridgehead atoms. The van der Waals surface area contributed by atoms with Gasteiger partial charge in [0.15, 0.2) is 9.84 Å². The van der Waals surface area contributed by atoms with E-state index in [1.165, 1.54) is 19.2 Å². The van der Waals surface area contributed by atoms with Gasteiger partial charge in [0.2, 0.25) is 5.91 Å². The summed E-state index contributed by atoms with van der Waals surface area (Å²) in [6, 6.07) is 17.8. The zero-order chi connectivity index (χ0) is 33.6. The Hall–Kier alpha value is -3.64. The van der Waals surface area contributed by atoms with Crippen molar-refractivity contribution in [3.63, 3.8) is 0 Å². The van der Waals surface area contributed by atoms with Crippen LogP contribution in [0.1, 0.15) is 36.1 Å². The van der Waals surface area contributed by atoms with Gasteiger partial charge in [0.25, 0.3) is 0 Å². The normalized spacial score (nSPS) is 22.1. The van der Waals surface area contributed by atoms with Crippen molar-refractivity contribution in [2.45, 2.75) is 36.7 Å². The van der Waals surface area contributed by atoms with Gasteiger partial charge in [-0.1, -0.05) is 65.2 Å². The molecular formula is C33H37Cl2N5O5S. The number of carbonyl (C=O) groups excluding carboxylic acids is 2. The number of nitrogens with zero attached hydrogens (tertiary/aromatic N) is 4. The number of rotatable bonds is 7. The van der Waals surface area contributed by atoms with E-state index in [9.17, 15) is 18.0 Å². The lowest BCUT2D eigenvalue weighted by molar-refractivity contribution is -0.119. The van der Waals surface area contributed by atoms with Crippen LogP contribution in [-0.2, 0) is 25.7 Å². The number of ether oxygens (including phenoxy) is 1. The first-order valence-electron chi connectivity index (χ1n) is 14.7. The number of urea groups is 1. The van der Waals surface area contributed by atoms with Gasteiger partial charge >= 0.3 is 6.03 Å². The number of primary amides is 1. The molecule has 3 aromatic rings. The highest BCUT2D eigenvalue weighted by molar-refractivity contribution is 7.90. The van der Waals surface area contributed by atoms with Gasteiger partial charge in [0.1, 0.15) is 22.7 Å². The highest BCUT2D eigenvalue weighted by Crippen LogP contribution is 2.54. The summed E-state index contributed by atoms with van der Waals surface area (Å²) in [5.74, 6) is 0.0461. The molecule has 0 spiro atoms. The van der Waals surface area contributed by atoms with Crippen molar-refractivity contribution in [3.8, 4) is 5.75 Å². The second kappa shape index (κ2) is 12.5. The third kappa shape index (κ3) is 5.97. The summed E-state index contributed by atoms with van der Waals surface area (Å²) in [6.45, 7) is 7.57. The number of hydrogen-bond acceptors (Lipinski definition) is 7. The molecule has 1 fully saturated rings. The summed E-state index contributed by atoms with van der Waals surface area (Å²) in [5.41, 5.74) is 6.14. The number of methoxy groups -OCH3 is 1. The number of aliphatic imine (C=N–C) groups is 1. The number of sulfone groups is 1. The smallest absolute Gasteiger partial charge is 0.326 e. The van der Waals surface area contributed by atoms with Crippen molar-refractivity contribution in [1.29, 1.82) is 0 Å². The summed E-state index contributed by atoms with van der Waals surface area (Å²) in [5, 5.41) is 0.524. The second-order valence-electron chi connectivity index (χ2n) is 12.1. The molecule has 244 valence electrons. The van der Waals surface area contributed by atoms with Gasteiger partial charge < -0.3 is 15.4 Å². The Morgan fingerprint density at radius 3 is 2.09 bits per heavy atom. The van der Waals surface area contributed by atoms with Crippen LogP contribution in [0.15, 0.2) is 70.6 Å². The zero-order valence-corrected chi connectivity index (χ0v) is 28.7. The van der Waals surface area contributed by atoms with E-state index in [1.54, 1.807) is 21.9 Å². The summed E-state index contributed by atoms with van der Waals surface area (Å²) in [7, 11) is -2.32. The number of halogens is 2. The number of hydrogen-bond donors (Lipinski definition) is 1. The lowest BCUT2D eigenvalue weighted by Crippen LogP contribution is -2.61. The third-order valence-corrected chi connectivity index (χ3v) is 10.9. The third-order valence-electron chi connectivity index (χ3n) is 9.06. The largest absolute Gasteiger partial charge is 0.496 e. The fourth-order valence-electron chi connectivity index (χ4n) is 6.29. The van der Waals surface area contributed by atoms with Crippen molar-refractivity contribution < 1.29 is 22.7 Å². The first-order chi connectivity index (χ1) is 21.6. The van der Waals surface area contributed by atoms with Crippen LogP contribution in [0.2, 0.25) is 10.0 Å². The van der Waals surface area contributed by atoms with Crippen molar-refractivity contribution in [3.05, 3.63) is 93.0 Å². The van der Waals surface area contributed by atoms with E-state index >= 15 is 0 Å². The minimum Gasteiger partial charge on any atom is -0.496 e. The van der Waals surface area contributed by atoms with Gasteiger partial charge in [-0.15, -0.1) is 0 Å². The van der Waals surface area contributed by atoms with Crippen LogP contribution in [-0.4, -0.2) is 87.0 Å². The Labute approximate surface area is 279 Å². The molecule has 5 rings (SSSR count). The topological polar surface area (TPSA) is 126 Å². The lowest BCUT2D eigenvalue weighted by Gasteiger charge is -2.47. The van der Waals surface area contributed by atoms with Gasteiger partial charge in [0.05, 0.1) is 29.1 Å². The first-order valence-corrected chi connectivity index (χ1v) is 17.4. The highest BCUT2D eigenvalue weighted by atomic mass is 35.5. The van der Waals surface area contributed by atoms with E-state index in [0.717, 1.165) is 22.9 Å². The van der Waals surface area contributed by atoms with Gasteiger partial charge in [-0.25, -0.2) is 13.2 Å². The predicted molar refractivity (Wildman–Crippen MR) is 179 cm³/mol. The fourth-order valence-corrected chi connectivity index (χ4v) is 7.74. The Balaban J connectivity index is 1.78. The SMILES string of the molecule is COc1cc(Cl)c(S(C)(=O)=O)cc1C1=NC(C)(c2ccc(C)cc2)C(C)(c2ccc(Cl)cc2)N1C(=O)N1CCN(CC(N)=O)CC1. The number of aryl methyl sites for hydroxylation is 1. The van der Waals surface area contributed by atoms with Gasteiger partial charge in [0, 0.05) is 43.5 Å². The maximum Gasteiger partial charge on any atom is 0.326 e. The van der Waals surface area contributed by atoms with Gasteiger partial charge in [-0.05, 0) is 50.1 Å². The maximum absolute atomic E-state index is 14.9. The first kappa shape index (κ1) is 33.7. The van der Waals surface area contributed by atoms with Crippen LogP contribution in [0.5, 0.6) is 5.75 Å². The number of amides is 3. The van der Waals surface area contributed by atoms with Crippen LogP contribution in [0.4, 0.5) is 4.79 Å². The Morgan fingerprint density at radius 1 is 0.957 bits per heavy atom. The molecule has 3 amide bonds. The second-order valence-corrected chi connectivity index (χ2v) is 14.9. The van der Waals surface area contributed by atoms with Crippen LogP contribution in [0.3, 0.4) is 0 Å². The van der Waals surface area contributed by atoms with Crippen molar-refractivity contribution in [2.24, 2.45) is 10.7 Å². The minimum atomic E-state index is -3.77. The molecule has 3 aromatic carbocycles. The van der Waals surface area contributed by atoms with Crippen molar-refractivity contribution in [1.82, 2.24) is 14.7 Å². The molecule has 0 aliphatic carbocycles. The molecule has 13 heteroatoms. The monoisotopic (exact) mass is 685 g/mol. The van der Waals surface area contributed by atoms with Gasteiger partial charge in [-0.2, -0.15) is 0 Å². The molecule has 2 aliphatic rings. The van der Waals surface area contributed by atoms with Crippen molar-refractivity contribution in [2.75, 3.05) is 46.1 Å². The molecule has 10 nitrogen and oxygen atoms in total. The standard InChI is InChI=1S/C33H37Cl2N5O5S/c1-21-6-8-22(9-7-21)32(2)33(3,23-10-12-24(34)13-11-23)40(31(42)39-16-14-38(15-17-39)20-29(36)41)30(37-32)25-18-28(46(5,43)44)26(35)19-27(25)45-4/h6-13,18-19H,14-17,20H2,1-5H3,(H2,36,41). The van der Waals surface area contributed by atoms with E-state index in [1.807, 2.05) is 62.1 Å². The van der Waals surface area contributed by atoms with E-state index in [-0.39, 0.29) is 34.1 Å². The van der Waals surface area contributed by atoms with E-state index in [2.05, 4.69) is 0 Å². The molecule has 46 heavy (non-hydrogen) atoms. The summed E-state index contributed by atoms with van der Waals surface area (Å²) in [6.07, 6.45) is 1.07. The highest BCUT2D eigenvalue weighted by Gasteiger charge is 2.60. The predicted octanol–water partition coefficient (Wildman–Crippen LogP) is 4.83. The Kier molecular flexibility index (Phi) is 9.18. The van der Waals surface area contributed by atoms with Crippen LogP contribution < -0.4 is 10.5 Å². The van der Waals surface area contributed by atoms with Gasteiger partial charge in [-0.3, -0.25) is 19.6 Å². The fraction of sp³-hybridized carbons (Fsp3) is 0.364. The Bertz CT molecular complexity index is 1810. The van der Waals surface area contributed by atoms with Crippen LogP contribution in [0.25, 0.3) is 0 Å². The van der Waals surface area contributed by atoms with Crippen molar-refractivity contribution >= 4 is 50.8 Å². The average Bonchev–Trinajstić information content (AvgIpc) is 3.24. The minimum absolute atomic E-state index is 0.00749. The molecule has 0 radical (unpaired) electrons. The van der Waals surface area contributed by atoms with E-state index in [4.69, 9.17) is 38.7 Å². The van der Waals surface area contributed by atoms with E-state index < -0.39 is 26.8 Å². The molecule has 0 saturated carbocycles. The average molecular weight is 687 g/mol. The maximum atomic E-state index is 14.9. The number of amidine groups is 1. The molecular weight excluding hydrogens is 649 g/mol. The number of benzene rings is 3. The molecule has 2 heterocycles. The molecule has 1 saturated heterocycles. The molecule has 2 unspecified atom stereocenters. The number of piperazine rings is 1. The summed E-state index contributed by atoms with van der Waals surface area (Å²) in [4.78, 5) is 37.0. The Morgan fingerprint density at radius 2 is 1.54 bits per heavy atom. The summed E-state index contributed by atoms with van der Waals surface area (Å²) < 4.78 is 31.4. The molecule has 2 atom stereocenters. The van der Waals surface area contributed by atoms with E-state index in [0.29, 0.717) is 36.8 Å². The lowest BCUT2D eigenvalue weighted by atomic mass is 9.70. The van der Waals surface area contributed by atoms with Crippen LogP contribution >= 0.6 is 23.2 Å². The molecule has 2 N–H and O–H groups in total.